The standard InChI is InChI=1S/C13H17N5O2/c1-9(13(19)20)8-18-12(14-15-16-18)10-5-4-6-11(7-10)17(2)3/h4-7,9H,8H2,1-3H3,(H,19,20). The number of aromatic nitrogens is 4. The number of hydrogen-bond acceptors (Lipinski definition) is 5. The summed E-state index contributed by atoms with van der Waals surface area (Å²) < 4.78 is 1.52. The molecular weight excluding hydrogens is 258 g/mol. The molecule has 0 fully saturated rings. The molecule has 0 aliphatic heterocycles. The maximum absolute atomic E-state index is 10.9. The van der Waals surface area contributed by atoms with Gasteiger partial charge in [0.2, 0.25) is 0 Å². The van der Waals surface area contributed by atoms with Crippen LogP contribution in [0.2, 0.25) is 0 Å². The average Bonchev–Trinajstić information content (AvgIpc) is 2.86. The molecule has 0 radical (unpaired) electrons. The number of carboxylic acids is 1. The molecule has 0 aliphatic carbocycles. The van der Waals surface area contributed by atoms with Gasteiger partial charge in [-0.25, -0.2) is 4.68 Å². The molecule has 2 aromatic rings. The second kappa shape index (κ2) is 5.68. The van der Waals surface area contributed by atoms with Crippen LogP contribution in [0.15, 0.2) is 24.3 Å². The lowest BCUT2D eigenvalue weighted by molar-refractivity contribution is -0.141. The van der Waals surface area contributed by atoms with Crippen LogP contribution in [0.25, 0.3) is 11.4 Å². The van der Waals surface area contributed by atoms with Crippen LogP contribution in [0.5, 0.6) is 0 Å². The summed E-state index contributed by atoms with van der Waals surface area (Å²) in [4.78, 5) is 12.9. The predicted octanol–water partition coefficient (Wildman–Crippen LogP) is 1.13. The highest BCUT2D eigenvalue weighted by Crippen LogP contribution is 2.22. The van der Waals surface area contributed by atoms with Gasteiger partial charge in [-0.05, 0) is 22.6 Å². The van der Waals surface area contributed by atoms with Gasteiger partial charge in [0.25, 0.3) is 0 Å². The van der Waals surface area contributed by atoms with Crippen molar-refractivity contribution in [3.8, 4) is 11.4 Å². The molecule has 0 aliphatic rings. The van der Waals surface area contributed by atoms with Crippen molar-refractivity contribution >= 4 is 11.7 Å². The second-order valence-corrected chi connectivity index (χ2v) is 4.87. The van der Waals surface area contributed by atoms with Crippen molar-refractivity contribution in [3.05, 3.63) is 24.3 Å². The Morgan fingerprint density at radius 1 is 1.45 bits per heavy atom. The molecule has 1 N–H and O–H groups in total. The Kier molecular flexibility index (Phi) is 3.97. The first-order chi connectivity index (χ1) is 9.49. The van der Waals surface area contributed by atoms with Gasteiger partial charge >= 0.3 is 5.97 Å². The van der Waals surface area contributed by atoms with Crippen molar-refractivity contribution < 1.29 is 9.90 Å². The Hall–Kier alpha value is -2.44. The number of carbonyl (C=O) groups is 1. The Bertz CT molecular complexity index is 608. The van der Waals surface area contributed by atoms with E-state index in [0.29, 0.717) is 5.82 Å². The van der Waals surface area contributed by atoms with Crippen molar-refractivity contribution in [2.24, 2.45) is 5.92 Å². The minimum absolute atomic E-state index is 0.240. The monoisotopic (exact) mass is 275 g/mol. The highest BCUT2D eigenvalue weighted by atomic mass is 16.4. The van der Waals surface area contributed by atoms with Crippen molar-refractivity contribution in [2.45, 2.75) is 13.5 Å². The van der Waals surface area contributed by atoms with Crippen molar-refractivity contribution in [1.29, 1.82) is 0 Å². The van der Waals surface area contributed by atoms with Crippen LogP contribution >= 0.6 is 0 Å². The minimum atomic E-state index is -0.867. The third-order valence-electron chi connectivity index (χ3n) is 3.02. The topological polar surface area (TPSA) is 84.1 Å². The smallest absolute Gasteiger partial charge is 0.308 e. The summed E-state index contributed by atoms with van der Waals surface area (Å²) in [5.74, 6) is -0.843. The molecule has 1 aromatic heterocycles. The van der Waals surface area contributed by atoms with Crippen molar-refractivity contribution in [1.82, 2.24) is 20.2 Å². The average molecular weight is 275 g/mol. The van der Waals surface area contributed by atoms with Crippen LogP contribution in [0, 0.1) is 5.92 Å². The Balaban J connectivity index is 2.32. The Labute approximate surface area is 116 Å². The molecule has 1 atom stereocenters. The van der Waals surface area contributed by atoms with E-state index in [1.54, 1.807) is 6.92 Å². The van der Waals surface area contributed by atoms with Crippen LogP contribution in [-0.4, -0.2) is 45.4 Å². The SMILES string of the molecule is CC(Cn1nnnc1-c1cccc(N(C)C)c1)C(=O)O. The predicted molar refractivity (Wildman–Crippen MR) is 74.4 cm³/mol. The Morgan fingerprint density at radius 3 is 2.85 bits per heavy atom. The van der Waals surface area contributed by atoms with E-state index in [1.807, 2.05) is 43.3 Å². The van der Waals surface area contributed by atoms with Gasteiger partial charge in [0.05, 0.1) is 12.5 Å². The lowest BCUT2D eigenvalue weighted by atomic mass is 10.1. The highest BCUT2D eigenvalue weighted by molar-refractivity contribution is 5.69. The largest absolute Gasteiger partial charge is 0.481 e. The number of carboxylic acid groups (broad SMARTS) is 1. The van der Waals surface area contributed by atoms with Gasteiger partial charge in [-0.2, -0.15) is 0 Å². The fourth-order valence-corrected chi connectivity index (χ4v) is 1.80. The van der Waals surface area contributed by atoms with E-state index in [1.165, 1.54) is 4.68 Å². The van der Waals surface area contributed by atoms with Crippen LogP contribution in [0.3, 0.4) is 0 Å². The number of hydrogen-bond donors (Lipinski definition) is 1. The molecule has 7 heteroatoms. The van der Waals surface area contributed by atoms with E-state index in [-0.39, 0.29) is 6.54 Å². The number of rotatable bonds is 5. The van der Waals surface area contributed by atoms with Gasteiger partial charge in [-0.3, -0.25) is 4.79 Å². The normalized spacial score (nSPS) is 12.2. The molecule has 2 rings (SSSR count). The molecule has 7 nitrogen and oxygen atoms in total. The molecule has 106 valence electrons. The van der Waals surface area contributed by atoms with E-state index in [2.05, 4.69) is 15.5 Å². The van der Waals surface area contributed by atoms with Gasteiger partial charge in [0.1, 0.15) is 0 Å². The summed E-state index contributed by atoms with van der Waals surface area (Å²) in [5, 5.41) is 20.5. The van der Waals surface area contributed by atoms with Crippen LogP contribution in [-0.2, 0) is 11.3 Å². The zero-order chi connectivity index (χ0) is 14.7. The number of anilines is 1. The van der Waals surface area contributed by atoms with E-state index < -0.39 is 11.9 Å². The van der Waals surface area contributed by atoms with Crippen molar-refractivity contribution in [3.63, 3.8) is 0 Å². The number of nitrogens with zero attached hydrogens (tertiary/aromatic N) is 5. The molecule has 1 unspecified atom stereocenters. The first kappa shape index (κ1) is 14.0. The first-order valence-electron chi connectivity index (χ1n) is 6.25. The van der Waals surface area contributed by atoms with Crippen LogP contribution < -0.4 is 4.90 Å². The summed E-state index contributed by atoms with van der Waals surface area (Å²) in [7, 11) is 3.91. The van der Waals surface area contributed by atoms with Gasteiger partial charge in [0, 0.05) is 25.3 Å². The summed E-state index contributed by atoms with van der Waals surface area (Å²) >= 11 is 0. The molecule has 1 aromatic carbocycles. The third-order valence-corrected chi connectivity index (χ3v) is 3.02. The first-order valence-corrected chi connectivity index (χ1v) is 6.25. The van der Waals surface area contributed by atoms with E-state index >= 15 is 0 Å². The molecule has 0 amide bonds. The van der Waals surface area contributed by atoms with Gasteiger partial charge in [0.15, 0.2) is 5.82 Å². The lowest BCUT2D eigenvalue weighted by Crippen LogP contribution is -2.18. The molecule has 1 heterocycles. The third kappa shape index (κ3) is 2.93. The van der Waals surface area contributed by atoms with Gasteiger partial charge in [-0.1, -0.05) is 19.1 Å². The number of tetrazole rings is 1. The quantitative estimate of drug-likeness (QED) is 0.880. The highest BCUT2D eigenvalue weighted by Gasteiger charge is 2.16. The summed E-state index contributed by atoms with van der Waals surface area (Å²) in [6.45, 7) is 1.87. The molecular formula is C13H17N5O2. The van der Waals surface area contributed by atoms with Crippen molar-refractivity contribution in [2.75, 3.05) is 19.0 Å². The van der Waals surface area contributed by atoms with Gasteiger partial charge < -0.3 is 10.0 Å². The van der Waals surface area contributed by atoms with Crippen LogP contribution in [0.1, 0.15) is 6.92 Å². The van der Waals surface area contributed by atoms with E-state index in [4.69, 9.17) is 5.11 Å². The lowest BCUT2D eigenvalue weighted by Gasteiger charge is -2.13. The molecule has 0 bridgehead atoms. The number of benzene rings is 1. The molecule has 0 saturated heterocycles. The van der Waals surface area contributed by atoms with E-state index in [9.17, 15) is 4.79 Å². The fourth-order valence-electron chi connectivity index (χ4n) is 1.80. The zero-order valence-corrected chi connectivity index (χ0v) is 11.7. The summed E-state index contributed by atoms with van der Waals surface area (Å²) in [6.07, 6.45) is 0. The summed E-state index contributed by atoms with van der Waals surface area (Å²) in [5.41, 5.74) is 1.89. The number of aliphatic carboxylic acids is 1. The maximum atomic E-state index is 10.9. The maximum Gasteiger partial charge on any atom is 0.308 e. The second-order valence-electron chi connectivity index (χ2n) is 4.87. The molecule has 0 saturated carbocycles. The van der Waals surface area contributed by atoms with Gasteiger partial charge in [-0.15, -0.1) is 5.10 Å². The van der Waals surface area contributed by atoms with Crippen LogP contribution in [0.4, 0.5) is 5.69 Å². The minimum Gasteiger partial charge on any atom is -0.481 e. The molecule has 0 spiro atoms. The summed E-state index contributed by atoms with van der Waals surface area (Å²) in [6, 6.07) is 7.77. The zero-order valence-electron chi connectivity index (χ0n) is 11.7. The fraction of sp³-hybridized carbons (Fsp3) is 0.385. The van der Waals surface area contributed by atoms with E-state index in [0.717, 1.165) is 11.3 Å². The Morgan fingerprint density at radius 2 is 2.20 bits per heavy atom. The molecule has 20 heavy (non-hydrogen) atoms.